The molecular weight excluding hydrogens is 305 g/mol. The monoisotopic (exact) mass is 329 g/mol. The second kappa shape index (κ2) is 7.60. The fraction of sp³-hybridized carbons (Fsp3) is 0.474. The zero-order valence-electron chi connectivity index (χ0n) is 14.1. The average molecular weight is 329 g/mol. The molecule has 1 aliphatic rings. The van der Waals surface area contributed by atoms with Crippen LogP contribution in [0.4, 0.5) is 4.39 Å². The van der Waals surface area contributed by atoms with Crippen molar-refractivity contribution >= 4 is 5.91 Å². The minimum Gasteiger partial charge on any atom is -0.348 e. The average Bonchev–Trinajstić information content (AvgIpc) is 3.07. The van der Waals surface area contributed by atoms with Crippen LogP contribution in [0.2, 0.25) is 0 Å². The van der Waals surface area contributed by atoms with Crippen molar-refractivity contribution in [3.05, 3.63) is 53.4 Å². The summed E-state index contributed by atoms with van der Waals surface area (Å²) in [5.74, 6) is 0.106. The summed E-state index contributed by atoms with van der Waals surface area (Å²) < 4.78 is 12.9. The lowest BCUT2D eigenvalue weighted by molar-refractivity contribution is -0.134. The zero-order chi connectivity index (χ0) is 16.9. The van der Waals surface area contributed by atoms with Crippen LogP contribution >= 0.6 is 0 Å². The molecule has 1 unspecified atom stereocenters. The van der Waals surface area contributed by atoms with E-state index in [1.54, 1.807) is 6.33 Å². The SMILES string of the molecule is CN(CCCCc1ccc(F)cc1)C(=O)C1CCc2nc[nH]c2C1. The first-order valence-electron chi connectivity index (χ1n) is 8.64. The molecule has 0 fully saturated rings. The number of hydrogen-bond acceptors (Lipinski definition) is 2. The Balaban J connectivity index is 1.41. The molecule has 24 heavy (non-hydrogen) atoms. The van der Waals surface area contributed by atoms with E-state index in [-0.39, 0.29) is 17.6 Å². The second-order valence-electron chi connectivity index (χ2n) is 6.61. The van der Waals surface area contributed by atoms with Gasteiger partial charge in [0.05, 0.1) is 12.0 Å². The maximum atomic E-state index is 12.9. The fourth-order valence-electron chi connectivity index (χ4n) is 3.36. The quantitative estimate of drug-likeness (QED) is 0.828. The molecule has 0 spiro atoms. The highest BCUT2D eigenvalue weighted by Gasteiger charge is 2.27. The first kappa shape index (κ1) is 16.7. The normalized spacial score (nSPS) is 16.7. The van der Waals surface area contributed by atoms with Crippen molar-refractivity contribution in [2.45, 2.75) is 38.5 Å². The standard InChI is InChI=1S/C19H24FN3O/c1-23(11-3-2-4-14-5-8-16(20)9-6-14)19(24)15-7-10-17-18(12-15)22-13-21-17/h5-6,8-9,13,15H,2-4,7,10-12H2,1H3,(H,21,22). The molecule has 1 atom stereocenters. The first-order valence-corrected chi connectivity index (χ1v) is 8.64. The van der Waals surface area contributed by atoms with Crippen LogP contribution in [0.25, 0.3) is 0 Å². The van der Waals surface area contributed by atoms with Gasteiger partial charge in [-0.1, -0.05) is 12.1 Å². The van der Waals surface area contributed by atoms with Gasteiger partial charge in [0.25, 0.3) is 0 Å². The van der Waals surface area contributed by atoms with E-state index >= 15 is 0 Å². The number of imidazole rings is 1. The van der Waals surface area contributed by atoms with E-state index in [9.17, 15) is 9.18 Å². The molecule has 0 bridgehead atoms. The Labute approximate surface area is 142 Å². The fourth-order valence-corrected chi connectivity index (χ4v) is 3.36. The van der Waals surface area contributed by atoms with Gasteiger partial charge < -0.3 is 9.88 Å². The minimum absolute atomic E-state index is 0.0695. The molecule has 3 rings (SSSR count). The van der Waals surface area contributed by atoms with Crippen LogP contribution in [0.3, 0.4) is 0 Å². The molecule has 1 amide bonds. The zero-order valence-corrected chi connectivity index (χ0v) is 14.1. The maximum Gasteiger partial charge on any atom is 0.225 e. The highest BCUT2D eigenvalue weighted by molar-refractivity contribution is 5.79. The summed E-state index contributed by atoms with van der Waals surface area (Å²) >= 11 is 0. The molecule has 1 aromatic carbocycles. The molecule has 1 aliphatic carbocycles. The smallest absolute Gasteiger partial charge is 0.225 e. The number of aromatic amines is 1. The third kappa shape index (κ3) is 4.02. The maximum absolute atomic E-state index is 12.9. The van der Waals surface area contributed by atoms with E-state index in [4.69, 9.17) is 0 Å². The summed E-state index contributed by atoms with van der Waals surface area (Å²) in [6, 6.07) is 6.65. The van der Waals surface area contributed by atoms with Gasteiger partial charge in [-0.25, -0.2) is 9.37 Å². The van der Waals surface area contributed by atoms with E-state index in [2.05, 4.69) is 9.97 Å². The highest BCUT2D eigenvalue weighted by Crippen LogP contribution is 2.24. The minimum atomic E-state index is -0.197. The number of fused-ring (bicyclic) bond motifs is 1. The number of carbonyl (C=O) groups is 1. The number of nitrogens with zero attached hydrogens (tertiary/aromatic N) is 2. The number of benzene rings is 1. The van der Waals surface area contributed by atoms with Gasteiger partial charge in [-0.2, -0.15) is 0 Å². The summed E-state index contributed by atoms with van der Waals surface area (Å²) in [7, 11) is 1.89. The molecule has 1 aromatic heterocycles. The summed E-state index contributed by atoms with van der Waals surface area (Å²) in [4.78, 5) is 21.9. The predicted molar refractivity (Wildman–Crippen MR) is 91.1 cm³/mol. The number of rotatable bonds is 6. The molecule has 128 valence electrons. The van der Waals surface area contributed by atoms with Crippen molar-refractivity contribution in [3.63, 3.8) is 0 Å². The van der Waals surface area contributed by atoms with Gasteiger partial charge in [0.2, 0.25) is 5.91 Å². The lowest BCUT2D eigenvalue weighted by Crippen LogP contribution is -2.36. The Bertz CT molecular complexity index is 680. The van der Waals surface area contributed by atoms with Crippen LogP contribution in [-0.2, 0) is 24.1 Å². The highest BCUT2D eigenvalue weighted by atomic mass is 19.1. The van der Waals surface area contributed by atoms with Crippen molar-refractivity contribution in [2.75, 3.05) is 13.6 Å². The van der Waals surface area contributed by atoms with Crippen LogP contribution in [0.5, 0.6) is 0 Å². The van der Waals surface area contributed by atoms with Gasteiger partial charge in [-0.05, 0) is 49.8 Å². The van der Waals surface area contributed by atoms with Crippen LogP contribution in [0.1, 0.15) is 36.2 Å². The Morgan fingerprint density at radius 1 is 1.33 bits per heavy atom. The Morgan fingerprint density at radius 3 is 2.92 bits per heavy atom. The van der Waals surface area contributed by atoms with Crippen LogP contribution in [0.15, 0.2) is 30.6 Å². The number of amides is 1. The molecule has 2 aromatic rings. The Hall–Kier alpha value is -2.17. The van der Waals surface area contributed by atoms with E-state index in [0.29, 0.717) is 0 Å². The van der Waals surface area contributed by atoms with Gasteiger partial charge >= 0.3 is 0 Å². The summed E-state index contributed by atoms with van der Waals surface area (Å²) in [6.45, 7) is 0.770. The predicted octanol–water partition coefficient (Wildman–Crippen LogP) is 3.14. The van der Waals surface area contributed by atoms with Crippen LogP contribution in [-0.4, -0.2) is 34.4 Å². The third-order valence-electron chi connectivity index (χ3n) is 4.84. The second-order valence-corrected chi connectivity index (χ2v) is 6.61. The summed E-state index contributed by atoms with van der Waals surface area (Å²) in [6.07, 6.45) is 7.14. The molecule has 1 heterocycles. The van der Waals surface area contributed by atoms with E-state index in [0.717, 1.165) is 62.0 Å². The van der Waals surface area contributed by atoms with Crippen molar-refractivity contribution in [3.8, 4) is 0 Å². The largest absolute Gasteiger partial charge is 0.348 e. The molecule has 0 saturated carbocycles. The van der Waals surface area contributed by atoms with Crippen LogP contribution < -0.4 is 0 Å². The number of unbranched alkanes of at least 4 members (excludes halogenated alkanes) is 1. The molecule has 4 nitrogen and oxygen atoms in total. The number of nitrogens with one attached hydrogen (secondary N) is 1. The molecule has 0 saturated heterocycles. The molecular formula is C19H24FN3O. The number of halogens is 1. The molecule has 0 radical (unpaired) electrons. The number of hydrogen-bond donors (Lipinski definition) is 1. The van der Waals surface area contributed by atoms with E-state index in [1.165, 1.54) is 12.1 Å². The molecule has 0 aliphatic heterocycles. The van der Waals surface area contributed by atoms with Crippen molar-refractivity contribution < 1.29 is 9.18 Å². The number of aromatic nitrogens is 2. The van der Waals surface area contributed by atoms with Crippen molar-refractivity contribution in [2.24, 2.45) is 5.92 Å². The van der Waals surface area contributed by atoms with E-state index < -0.39 is 0 Å². The Morgan fingerprint density at radius 2 is 2.12 bits per heavy atom. The lowest BCUT2D eigenvalue weighted by Gasteiger charge is -2.26. The van der Waals surface area contributed by atoms with Crippen molar-refractivity contribution in [1.82, 2.24) is 14.9 Å². The van der Waals surface area contributed by atoms with E-state index in [1.807, 2.05) is 24.1 Å². The third-order valence-corrected chi connectivity index (χ3v) is 4.84. The summed E-state index contributed by atoms with van der Waals surface area (Å²) in [5, 5.41) is 0. The van der Waals surface area contributed by atoms with Gasteiger partial charge in [0.1, 0.15) is 5.82 Å². The number of carbonyl (C=O) groups excluding carboxylic acids is 1. The van der Waals surface area contributed by atoms with Crippen LogP contribution in [0, 0.1) is 11.7 Å². The topological polar surface area (TPSA) is 49.0 Å². The number of aryl methyl sites for hydroxylation is 2. The van der Waals surface area contributed by atoms with Gasteiger partial charge in [0.15, 0.2) is 0 Å². The van der Waals surface area contributed by atoms with Gasteiger partial charge in [0, 0.05) is 31.6 Å². The lowest BCUT2D eigenvalue weighted by atomic mass is 9.89. The first-order chi connectivity index (χ1) is 11.6. The summed E-state index contributed by atoms with van der Waals surface area (Å²) in [5.41, 5.74) is 3.37. The van der Waals surface area contributed by atoms with Gasteiger partial charge in [-0.15, -0.1) is 0 Å². The number of H-pyrrole nitrogens is 1. The van der Waals surface area contributed by atoms with Gasteiger partial charge in [-0.3, -0.25) is 4.79 Å². The Kier molecular flexibility index (Phi) is 5.28. The molecule has 5 heteroatoms. The van der Waals surface area contributed by atoms with Crippen molar-refractivity contribution in [1.29, 1.82) is 0 Å². The molecule has 1 N–H and O–H groups in total.